The third-order valence-corrected chi connectivity index (χ3v) is 3.04. The molecule has 0 saturated heterocycles. The van der Waals surface area contributed by atoms with Gasteiger partial charge in [-0.25, -0.2) is 4.98 Å². The zero-order chi connectivity index (χ0) is 14.8. The van der Waals surface area contributed by atoms with E-state index in [2.05, 4.69) is 30.7 Å². The van der Waals surface area contributed by atoms with E-state index in [1.54, 1.807) is 0 Å². The van der Waals surface area contributed by atoms with Gasteiger partial charge in [-0.1, -0.05) is 19.9 Å². The largest absolute Gasteiger partial charge is 0.342 e. The zero-order valence-electron chi connectivity index (χ0n) is 11.7. The Labute approximate surface area is 120 Å². The SMILES string of the molecule is CC(C)c1nc(C(=O)NCc2nnc3ccccn23)n[nH]1. The lowest BCUT2D eigenvalue weighted by Crippen LogP contribution is -2.25. The lowest BCUT2D eigenvalue weighted by Gasteiger charge is -2.01. The van der Waals surface area contributed by atoms with Crippen LogP contribution in [0.15, 0.2) is 24.4 Å². The first-order valence-electron chi connectivity index (χ1n) is 6.64. The summed E-state index contributed by atoms with van der Waals surface area (Å²) < 4.78 is 1.82. The van der Waals surface area contributed by atoms with Crippen LogP contribution in [-0.2, 0) is 6.54 Å². The topological polar surface area (TPSA) is 101 Å². The molecule has 8 nitrogen and oxygen atoms in total. The van der Waals surface area contributed by atoms with Crippen molar-refractivity contribution in [2.45, 2.75) is 26.3 Å². The fraction of sp³-hybridized carbons (Fsp3) is 0.308. The van der Waals surface area contributed by atoms with E-state index in [0.29, 0.717) is 11.6 Å². The Hall–Kier alpha value is -2.77. The van der Waals surface area contributed by atoms with Crippen molar-refractivity contribution in [3.05, 3.63) is 41.9 Å². The molecule has 108 valence electrons. The van der Waals surface area contributed by atoms with Crippen LogP contribution in [0, 0.1) is 0 Å². The minimum Gasteiger partial charge on any atom is -0.342 e. The quantitative estimate of drug-likeness (QED) is 0.741. The normalized spacial score (nSPS) is 11.2. The molecular formula is C13H15N7O. The van der Waals surface area contributed by atoms with E-state index >= 15 is 0 Å². The van der Waals surface area contributed by atoms with Crippen LogP contribution in [0.1, 0.15) is 42.0 Å². The molecule has 0 saturated carbocycles. The van der Waals surface area contributed by atoms with E-state index in [4.69, 9.17) is 0 Å². The molecule has 2 N–H and O–H groups in total. The second-order valence-electron chi connectivity index (χ2n) is 4.93. The van der Waals surface area contributed by atoms with Crippen molar-refractivity contribution in [1.82, 2.24) is 35.1 Å². The van der Waals surface area contributed by atoms with E-state index in [9.17, 15) is 4.79 Å². The lowest BCUT2D eigenvalue weighted by atomic mass is 10.2. The van der Waals surface area contributed by atoms with Gasteiger partial charge in [0.2, 0.25) is 5.82 Å². The summed E-state index contributed by atoms with van der Waals surface area (Å²) in [7, 11) is 0. The number of nitrogens with one attached hydrogen (secondary N) is 2. The first-order valence-corrected chi connectivity index (χ1v) is 6.64. The highest BCUT2D eigenvalue weighted by atomic mass is 16.2. The highest BCUT2D eigenvalue weighted by molar-refractivity contribution is 5.90. The minimum atomic E-state index is -0.342. The van der Waals surface area contributed by atoms with Gasteiger partial charge in [0.25, 0.3) is 5.91 Å². The molecule has 0 atom stereocenters. The van der Waals surface area contributed by atoms with E-state index in [0.717, 1.165) is 5.65 Å². The molecule has 0 bridgehead atoms. The fourth-order valence-corrected chi connectivity index (χ4v) is 1.88. The van der Waals surface area contributed by atoms with Gasteiger partial charge >= 0.3 is 0 Å². The average Bonchev–Trinajstić information content (AvgIpc) is 3.12. The number of carbonyl (C=O) groups excluding carboxylic acids is 1. The molecule has 21 heavy (non-hydrogen) atoms. The Morgan fingerprint density at radius 2 is 2.24 bits per heavy atom. The van der Waals surface area contributed by atoms with Crippen molar-refractivity contribution >= 4 is 11.6 Å². The molecule has 0 aliphatic heterocycles. The third kappa shape index (κ3) is 2.60. The van der Waals surface area contributed by atoms with Gasteiger partial charge in [-0.2, -0.15) is 0 Å². The number of aromatic nitrogens is 6. The predicted octanol–water partition coefficient (Wildman–Crippen LogP) is 0.901. The maximum absolute atomic E-state index is 12.0. The Kier molecular flexibility index (Phi) is 3.35. The molecule has 1 amide bonds. The molecule has 0 spiro atoms. The van der Waals surface area contributed by atoms with Gasteiger partial charge in [-0.3, -0.25) is 14.3 Å². The molecule has 0 aliphatic rings. The van der Waals surface area contributed by atoms with Crippen molar-refractivity contribution in [3.8, 4) is 0 Å². The maximum atomic E-state index is 12.0. The summed E-state index contributed by atoms with van der Waals surface area (Å²) >= 11 is 0. The number of hydrogen-bond acceptors (Lipinski definition) is 5. The summed E-state index contributed by atoms with van der Waals surface area (Å²) in [6, 6.07) is 5.61. The molecule has 3 aromatic rings. The number of pyridine rings is 1. The predicted molar refractivity (Wildman–Crippen MR) is 74.6 cm³/mol. The molecule has 0 aromatic carbocycles. The number of amides is 1. The Balaban J connectivity index is 1.70. The van der Waals surface area contributed by atoms with E-state index < -0.39 is 0 Å². The highest BCUT2D eigenvalue weighted by Crippen LogP contribution is 2.07. The molecule has 8 heteroatoms. The smallest absolute Gasteiger partial charge is 0.291 e. The number of nitrogens with zero attached hydrogens (tertiary/aromatic N) is 5. The van der Waals surface area contributed by atoms with Gasteiger partial charge in [-0.15, -0.1) is 15.3 Å². The fourth-order valence-electron chi connectivity index (χ4n) is 1.88. The molecule has 3 rings (SSSR count). The summed E-state index contributed by atoms with van der Waals surface area (Å²) in [5.74, 6) is 1.32. The van der Waals surface area contributed by atoms with Crippen LogP contribution in [0.4, 0.5) is 0 Å². The summed E-state index contributed by atoms with van der Waals surface area (Å²) in [5.41, 5.74) is 0.738. The van der Waals surface area contributed by atoms with Crippen molar-refractivity contribution in [1.29, 1.82) is 0 Å². The van der Waals surface area contributed by atoms with Gasteiger partial charge in [0.15, 0.2) is 11.5 Å². The van der Waals surface area contributed by atoms with Crippen molar-refractivity contribution < 1.29 is 4.79 Å². The molecule has 0 unspecified atom stereocenters. The number of aromatic amines is 1. The zero-order valence-corrected chi connectivity index (χ0v) is 11.7. The molecular weight excluding hydrogens is 270 g/mol. The van der Waals surface area contributed by atoms with Gasteiger partial charge in [0, 0.05) is 12.1 Å². The van der Waals surface area contributed by atoms with Crippen LogP contribution in [0.25, 0.3) is 5.65 Å². The first-order chi connectivity index (χ1) is 10.1. The van der Waals surface area contributed by atoms with Gasteiger partial charge in [0.05, 0.1) is 6.54 Å². The van der Waals surface area contributed by atoms with Crippen LogP contribution in [0.3, 0.4) is 0 Å². The molecule has 0 fully saturated rings. The second kappa shape index (κ2) is 5.31. The van der Waals surface area contributed by atoms with E-state index in [1.807, 2.05) is 42.6 Å². The Morgan fingerprint density at radius 3 is 3.00 bits per heavy atom. The average molecular weight is 285 g/mol. The van der Waals surface area contributed by atoms with Crippen LogP contribution in [0.5, 0.6) is 0 Å². The lowest BCUT2D eigenvalue weighted by molar-refractivity contribution is 0.0939. The van der Waals surface area contributed by atoms with E-state index in [-0.39, 0.29) is 24.2 Å². The summed E-state index contributed by atoms with van der Waals surface area (Å²) in [6.07, 6.45) is 1.85. The van der Waals surface area contributed by atoms with Crippen LogP contribution < -0.4 is 5.32 Å². The number of rotatable bonds is 4. The standard InChI is InChI=1S/C13H15N7O/c1-8(2)11-15-12(19-18-11)13(21)14-7-10-17-16-9-5-3-4-6-20(9)10/h3-6,8H,7H2,1-2H3,(H,14,21)(H,15,18,19). The number of hydrogen-bond donors (Lipinski definition) is 2. The number of carbonyl (C=O) groups is 1. The van der Waals surface area contributed by atoms with E-state index in [1.165, 1.54) is 0 Å². The van der Waals surface area contributed by atoms with Gasteiger partial charge < -0.3 is 5.32 Å². The second-order valence-corrected chi connectivity index (χ2v) is 4.93. The monoisotopic (exact) mass is 285 g/mol. The molecule has 0 radical (unpaired) electrons. The maximum Gasteiger partial charge on any atom is 0.291 e. The van der Waals surface area contributed by atoms with Gasteiger partial charge in [0.1, 0.15) is 5.82 Å². The molecule has 3 heterocycles. The van der Waals surface area contributed by atoms with Crippen LogP contribution in [-0.4, -0.2) is 35.7 Å². The van der Waals surface area contributed by atoms with Crippen molar-refractivity contribution in [3.63, 3.8) is 0 Å². The van der Waals surface area contributed by atoms with Gasteiger partial charge in [-0.05, 0) is 12.1 Å². The van der Waals surface area contributed by atoms with Crippen LogP contribution in [0.2, 0.25) is 0 Å². The van der Waals surface area contributed by atoms with Crippen molar-refractivity contribution in [2.75, 3.05) is 0 Å². The van der Waals surface area contributed by atoms with Crippen LogP contribution >= 0.6 is 0 Å². The van der Waals surface area contributed by atoms with Crippen molar-refractivity contribution in [2.24, 2.45) is 0 Å². The number of H-pyrrole nitrogens is 1. The Morgan fingerprint density at radius 1 is 1.38 bits per heavy atom. The summed E-state index contributed by atoms with van der Waals surface area (Å²) in [4.78, 5) is 16.1. The number of fused-ring (bicyclic) bond motifs is 1. The summed E-state index contributed by atoms with van der Waals surface area (Å²) in [5, 5.41) is 17.5. The molecule has 3 aromatic heterocycles. The Bertz CT molecular complexity index is 774. The first kappa shape index (κ1) is 13.2. The molecule has 0 aliphatic carbocycles. The summed E-state index contributed by atoms with van der Waals surface area (Å²) in [6.45, 7) is 4.21. The third-order valence-electron chi connectivity index (χ3n) is 3.04. The highest BCUT2D eigenvalue weighted by Gasteiger charge is 2.14. The minimum absolute atomic E-state index is 0.132.